The maximum atomic E-state index is 14.1. The van der Waals surface area contributed by atoms with Crippen LogP contribution in [-0.2, 0) is 27.3 Å². The van der Waals surface area contributed by atoms with E-state index in [1.54, 1.807) is 19.0 Å². The zero-order valence-electron chi connectivity index (χ0n) is 25.0. The molecule has 1 amide bonds. The number of primary amides is 1. The van der Waals surface area contributed by atoms with Gasteiger partial charge in [0.15, 0.2) is 11.4 Å². The van der Waals surface area contributed by atoms with Crippen molar-refractivity contribution in [3.8, 4) is 5.75 Å². The summed E-state index contributed by atoms with van der Waals surface area (Å²) >= 11 is 0. The number of nitrogens with one attached hydrogen (secondary N) is 1. The quantitative estimate of drug-likeness (QED) is 0.187. The van der Waals surface area contributed by atoms with Gasteiger partial charge in [-0.05, 0) is 56.9 Å². The molecule has 4 atom stereocenters. The number of Topliss-reactive ketones (excluding diaryl/α,β-unsaturated/α-hetero) is 2. The van der Waals surface area contributed by atoms with Crippen molar-refractivity contribution in [1.82, 2.24) is 10.2 Å². The zero-order valence-corrected chi connectivity index (χ0v) is 25.0. The van der Waals surface area contributed by atoms with Gasteiger partial charge in [0.05, 0.1) is 18.6 Å². The molecule has 11 heteroatoms. The number of benzene rings is 1. The first-order chi connectivity index (χ1) is 19.2. The minimum Gasteiger partial charge on any atom is -0.507 e. The lowest BCUT2D eigenvalue weighted by Gasteiger charge is -2.47. The molecule has 11 nitrogen and oxygen atoms in total. The van der Waals surface area contributed by atoms with Crippen molar-refractivity contribution in [3.05, 3.63) is 28.3 Å². The summed E-state index contributed by atoms with van der Waals surface area (Å²) in [6.07, 6.45) is 1.49. The number of carbonyl (C=O) groups excluding carboxylic acids is 3. The van der Waals surface area contributed by atoms with Crippen LogP contribution in [-0.4, -0.2) is 95.8 Å². The highest BCUT2D eigenvalue weighted by atomic mass is 16.3. The lowest BCUT2D eigenvalue weighted by atomic mass is 9.59. The minimum atomic E-state index is -2.70. The molecule has 228 valence electrons. The van der Waals surface area contributed by atoms with E-state index in [1.807, 2.05) is 25.1 Å². The van der Waals surface area contributed by atoms with Gasteiger partial charge in [-0.1, -0.05) is 26.7 Å². The Morgan fingerprint density at radius 2 is 1.80 bits per heavy atom. The molecule has 2 aliphatic rings. The van der Waals surface area contributed by atoms with Crippen molar-refractivity contribution in [2.24, 2.45) is 23.5 Å². The van der Waals surface area contributed by atoms with E-state index in [-0.39, 0.29) is 29.7 Å². The molecular weight excluding hydrogens is 528 g/mol. The van der Waals surface area contributed by atoms with Crippen LogP contribution in [0.2, 0.25) is 0 Å². The van der Waals surface area contributed by atoms with Crippen LogP contribution in [0.15, 0.2) is 11.6 Å². The molecule has 1 aromatic rings. The molecule has 41 heavy (non-hydrogen) atoms. The number of phenols is 1. The van der Waals surface area contributed by atoms with E-state index >= 15 is 0 Å². The van der Waals surface area contributed by atoms with Crippen molar-refractivity contribution >= 4 is 28.9 Å². The van der Waals surface area contributed by atoms with Crippen molar-refractivity contribution in [2.45, 2.75) is 64.1 Å². The Morgan fingerprint density at radius 3 is 2.32 bits per heavy atom. The number of nitrogens with two attached hydrogens (primary N) is 1. The topological polar surface area (TPSA) is 177 Å². The lowest BCUT2D eigenvalue weighted by molar-refractivity contribution is -0.163. The summed E-state index contributed by atoms with van der Waals surface area (Å²) in [5.74, 6) is -4.98. The Hall–Kier alpha value is -2.99. The predicted octanol–water partition coefficient (Wildman–Crippen LogP) is 1.11. The smallest absolute Gasteiger partial charge is 0.225 e. The zero-order chi connectivity index (χ0) is 30.8. The van der Waals surface area contributed by atoms with Crippen LogP contribution in [0.25, 0.3) is 5.76 Å². The van der Waals surface area contributed by atoms with Gasteiger partial charge in [-0.25, -0.2) is 0 Å². The predicted molar refractivity (Wildman–Crippen MR) is 156 cm³/mol. The van der Waals surface area contributed by atoms with Gasteiger partial charge < -0.3 is 41.3 Å². The van der Waals surface area contributed by atoms with Gasteiger partial charge >= 0.3 is 0 Å². The molecule has 0 radical (unpaired) electrons. The lowest BCUT2D eigenvalue weighted by Crippen LogP contribution is -2.64. The van der Waals surface area contributed by atoms with Crippen molar-refractivity contribution in [3.63, 3.8) is 0 Å². The Kier molecular flexibility index (Phi) is 10.2. The second-order valence-corrected chi connectivity index (χ2v) is 11.8. The van der Waals surface area contributed by atoms with E-state index in [4.69, 9.17) is 5.73 Å². The number of amides is 1. The molecule has 0 saturated heterocycles. The van der Waals surface area contributed by atoms with E-state index in [2.05, 4.69) is 19.2 Å². The summed E-state index contributed by atoms with van der Waals surface area (Å²) in [5, 5.41) is 48.3. The van der Waals surface area contributed by atoms with Gasteiger partial charge in [0, 0.05) is 49.4 Å². The average Bonchev–Trinajstić information content (AvgIpc) is 2.89. The Balaban J connectivity index is 2.19. The summed E-state index contributed by atoms with van der Waals surface area (Å²) < 4.78 is 0. The number of aliphatic hydroxyl groups excluding tert-OH is 2. The molecule has 3 rings (SSSR count). The number of anilines is 1. The van der Waals surface area contributed by atoms with Gasteiger partial charge in [-0.2, -0.15) is 0 Å². The molecule has 2 aliphatic carbocycles. The molecule has 0 aromatic heterocycles. The summed E-state index contributed by atoms with van der Waals surface area (Å²) in [6.45, 7) is 4.88. The van der Waals surface area contributed by atoms with Gasteiger partial charge in [-0.15, -0.1) is 0 Å². The van der Waals surface area contributed by atoms with Crippen LogP contribution in [0.4, 0.5) is 5.69 Å². The Morgan fingerprint density at radius 1 is 1.17 bits per heavy atom. The molecule has 0 spiro atoms. The highest BCUT2D eigenvalue weighted by molar-refractivity contribution is 6.23. The molecule has 0 bridgehead atoms. The van der Waals surface area contributed by atoms with Crippen LogP contribution >= 0.6 is 0 Å². The van der Waals surface area contributed by atoms with E-state index in [9.17, 15) is 34.8 Å². The molecule has 1 fully saturated rings. The molecule has 1 unspecified atom stereocenters. The van der Waals surface area contributed by atoms with E-state index in [0.717, 1.165) is 25.1 Å². The first-order valence-corrected chi connectivity index (χ1v) is 14.3. The largest absolute Gasteiger partial charge is 0.507 e. The van der Waals surface area contributed by atoms with Gasteiger partial charge in [0.2, 0.25) is 11.7 Å². The van der Waals surface area contributed by atoms with Crippen LogP contribution in [0.5, 0.6) is 5.75 Å². The van der Waals surface area contributed by atoms with Gasteiger partial charge in [-0.3, -0.25) is 14.4 Å². The number of carbonyl (C=O) groups is 3. The van der Waals surface area contributed by atoms with Crippen molar-refractivity contribution < 1.29 is 34.8 Å². The van der Waals surface area contributed by atoms with Gasteiger partial charge in [0.1, 0.15) is 11.5 Å². The summed E-state index contributed by atoms with van der Waals surface area (Å²) in [5.41, 5.74) is 4.45. The van der Waals surface area contributed by atoms with E-state index in [0.29, 0.717) is 23.6 Å². The van der Waals surface area contributed by atoms with Crippen LogP contribution < -0.4 is 16.0 Å². The number of hydrogen-bond donors (Lipinski definition) is 6. The number of aromatic hydroxyl groups is 1. The third-order valence-electron chi connectivity index (χ3n) is 8.94. The number of nitrogens with zero attached hydrogens (tertiary/aromatic N) is 2. The summed E-state index contributed by atoms with van der Waals surface area (Å²) in [4.78, 5) is 42.5. The number of fused-ring (bicyclic) bond motifs is 2. The second-order valence-electron chi connectivity index (χ2n) is 11.8. The number of aliphatic hydroxyl groups is 3. The molecule has 1 aromatic carbocycles. The monoisotopic (exact) mass is 574 g/mol. The number of likely N-dealkylation sites (N-methyl/N-ethyl adjacent to an activating group) is 1. The van der Waals surface area contributed by atoms with E-state index in [1.165, 1.54) is 0 Å². The SMILES string of the molecule is CCC(CC)CNCc1cc(N(C)C)c2c(c1O)C(O)=C1C(=O)[C@](O)(C(=O)CC(N)=O)[C@H](C(CO)N(C)C)C[C@@H]1C2. The number of hydrogen-bond acceptors (Lipinski definition) is 10. The van der Waals surface area contributed by atoms with Crippen molar-refractivity contribution in [1.29, 1.82) is 0 Å². The van der Waals surface area contributed by atoms with Crippen LogP contribution in [0.3, 0.4) is 0 Å². The van der Waals surface area contributed by atoms with Crippen molar-refractivity contribution in [2.75, 3.05) is 46.2 Å². The first kappa shape index (κ1) is 32.5. The number of phenolic OH excluding ortho intramolecular Hbond substituents is 1. The maximum absolute atomic E-state index is 14.1. The molecule has 7 N–H and O–H groups in total. The fourth-order valence-corrected chi connectivity index (χ4v) is 6.47. The number of rotatable bonds is 13. The molecule has 1 saturated carbocycles. The standard InChI is InChI=1S/C30H46N4O7/c1-7-16(8-2)13-32-14-18-11-21(33(3)4)19-9-17-10-20(22(15-35)34(5)6)30(41,23(36)12-24(31)37)29(40)25(17)28(39)26(19)27(18)38/h11,16-17,20,22,32,35,38-39,41H,7-10,12-15H2,1-6H3,(H2,31,37)/t17-,20-,22?,30+/m0/s1. The normalized spacial score (nSPS) is 23.0. The fraction of sp³-hybridized carbons (Fsp3) is 0.633. The third kappa shape index (κ3) is 5.99. The highest BCUT2D eigenvalue weighted by Crippen LogP contribution is 2.51. The fourth-order valence-electron chi connectivity index (χ4n) is 6.47. The third-order valence-corrected chi connectivity index (χ3v) is 8.94. The summed E-state index contributed by atoms with van der Waals surface area (Å²) in [7, 11) is 7.02. The van der Waals surface area contributed by atoms with Gasteiger partial charge in [0.25, 0.3) is 0 Å². The van der Waals surface area contributed by atoms with E-state index < -0.39 is 59.7 Å². The molecule has 0 aliphatic heterocycles. The first-order valence-electron chi connectivity index (χ1n) is 14.3. The number of ketones is 2. The average molecular weight is 575 g/mol. The van der Waals surface area contributed by atoms with Crippen LogP contribution in [0, 0.1) is 17.8 Å². The summed E-state index contributed by atoms with van der Waals surface area (Å²) in [6, 6.07) is 1.08. The molecular formula is C30H46N4O7. The Bertz CT molecular complexity index is 1210. The highest BCUT2D eigenvalue weighted by Gasteiger charge is 2.60. The molecule has 0 heterocycles. The maximum Gasteiger partial charge on any atom is 0.225 e. The minimum absolute atomic E-state index is 0.0708. The Labute approximate surface area is 242 Å². The second kappa shape index (κ2) is 12.9. The van der Waals surface area contributed by atoms with Crippen LogP contribution in [0.1, 0.15) is 56.2 Å².